The summed E-state index contributed by atoms with van der Waals surface area (Å²) in [7, 11) is 0. The fourth-order valence-electron chi connectivity index (χ4n) is 7.96. The molecule has 4 aliphatic rings. The third-order valence-corrected chi connectivity index (χ3v) is 10.2. The Morgan fingerprint density at radius 3 is 2.42 bits per heavy atom. The molecular formula is C34H28ClFN2O5. The van der Waals surface area contributed by atoms with Gasteiger partial charge in [0, 0.05) is 5.92 Å². The van der Waals surface area contributed by atoms with E-state index in [2.05, 4.69) is 0 Å². The van der Waals surface area contributed by atoms with Crippen LogP contribution in [0, 0.1) is 34.9 Å². The Morgan fingerprint density at radius 1 is 0.930 bits per heavy atom. The molecule has 0 bridgehead atoms. The topological polar surface area (TPSA) is 95.0 Å². The number of allylic oxidation sites excluding steroid dienone is 2. The highest BCUT2D eigenvalue weighted by atomic mass is 35.5. The summed E-state index contributed by atoms with van der Waals surface area (Å²) in [5, 5.41) is 10.2. The predicted molar refractivity (Wildman–Crippen MR) is 156 cm³/mol. The van der Waals surface area contributed by atoms with Gasteiger partial charge in [-0.2, -0.15) is 0 Å². The Labute approximate surface area is 252 Å². The molecule has 2 heterocycles. The highest BCUT2D eigenvalue weighted by Crippen LogP contribution is 2.63. The van der Waals surface area contributed by atoms with Gasteiger partial charge in [-0.05, 0) is 67.1 Å². The number of phenols is 1. The van der Waals surface area contributed by atoms with Crippen molar-refractivity contribution in [1.82, 2.24) is 4.90 Å². The van der Waals surface area contributed by atoms with Gasteiger partial charge in [0.05, 0.1) is 40.4 Å². The average molecular weight is 599 g/mol. The van der Waals surface area contributed by atoms with E-state index in [0.29, 0.717) is 12.0 Å². The minimum absolute atomic E-state index is 0.00848. The second kappa shape index (κ2) is 9.88. The van der Waals surface area contributed by atoms with Crippen molar-refractivity contribution in [2.45, 2.75) is 32.2 Å². The van der Waals surface area contributed by atoms with Crippen molar-refractivity contribution in [3.63, 3.8) is 0 Å². The Kier molecular flexibility index (Phi) is 6.32. The third-order valence-electron chi connectivity index (χ3n) is 9.91. The summed E-state index contributed by atoms with van der Waals surface area (Å²) in [6.45, 7) is 1.92. The van der Waals surface area contributed by atoms with Crippen LogP contribution in [0.2, 0.25) is 5.02 Å². The highest BCUT2D eigenvalue weighted by Gasteiger charge is 2.67. The van der Waals surface area contributed by atoms with E-state index in [-0.39, 0.29) is 41.2 Å². The lowest BCUT2D eigenvalue weighted by Gasteiger charge is -2.49. The van der Waals surface area contributed by atoms with E-state index < -0.39 is 52.6 Å². The van der Waals surface area contributed by atoms with Crippen molar-refractivity contribution in [1.29, 1.82) is 0 Å². The summed E-state index contributed by atoms with van der Waals surface area (Å²) in [6, 6.07) is 19.7. The molecule has 3 aromatic rings. The van der Waals surface area contributed by atoms with Gasteiger partial charge < -0.3 is 5.11 Å². The van der Waals surface area contributed by atoms with E-state index in [4.69, 9.17) is 11.6 Å². The number of carbonyl (C=O) groups excluding carboxylic acids is 4. The molecule has 1 N–H and O–H groups in total. The molecule has 2 aliphatic carbocycles. The molecule has 9 heteroatoms. The molecule has 7 rings (SSSR count). The molecule has 7 nitrogen and oxygen atoms in total. The summed E-state index contributed by atoms with van der Waals surface area (Å²) < 4.78 is 14.0. The van der Waals surface area contributed by atoms with Crippen LogP contribution in [0.25, 0.3) is 0 Å². The van der Waals surface area contributed by atoms with Crippen LogP contribution in [0.4, 0.5) is 10.1 Å². The van der Waals surface area contributed by atoms with Gasteiger partial charge in [0.25, 0.3) is 0 Å². The number of phenolic OH excluding ortho intramolecular Hbond substituents is 1. The fourth-order valence-corrected chi connectivity index (χ4v) is 8.13. The molecule has 2 saturated heterocycles. The van der Waals surface area contributed by atoms with Crippen LogP contribution in [-0.4, -0.2) is 33.6 Å². The maximum atomic E-state index is 14.4. The van der Waals surface area contributed by atoms with Gasteiger partial charge in [-0.25, -0.2) is 9.29 Å². The number of benzene rings is 3. The molecule has 0 aromatic heterocycles. The van der Waals surface area contributed by atoms with E-state index in [1.165, 1.54) is 23.1 Å². The first-order chi connectivity index (χ1) is 20.6. The number of aromatic hydroxyl groups is 1. The molecule has 0 spiro atoms. The highest BCUT2D eigenvalue weighted by molar-refractivity contribution is 6.31. The Balaban J connectivity index is 1.33. The molecule has 6 atom stereocenters. The Morgan fingerprint density at radius 2 is 1.70 bits per heavy atom. The van der Waals surface area contributed by atoms with Crippen molar-refractivity contribution in [2.75, 3.05) is 4.90 Å². The van der Waals surface area contributed by atoms with Crippen LogP contribution in [0.1, 0.15) is 36.8 Å². The Hall–Kier alpha value is -4.30. The second-order valence-electron chi connectivity index (χ2n) is 12.1. The van der Waals surface area contributed by atoms with Crippen molar-refractivity contribution >= 4 is 40.9 Å². The van der Waals surface area contributed by atoms with Gasteiger partial charge in [-0.15, -0.1) is 0 Å². The maximum Gasteiger partial charge on any atom is 0.241 e. The summed E-state index contributed by atoms with van der Waals surface area (Å²) in [6.07, 6.45) is 2.50. The van der Waals surface area contributed by atoms with Crippen molar-refractivity contribution in [3.8, 4) is 5.75 Å². The molecule has 1 saturated carbocycles. The SMILES string of the molecule is C[C@@]12C(=O)N(c3ccc(F)c(Cl)c3)C(=O)[C@@H]1C[C@@H]1C(=CC[C@@H]3C(=O)N(Cc4ccccc4)C(=O)[C@@H]31)[C@@H]2c1cccc(O)c1. The molecule has 218 valence electrons. The minimum atomic E-state index is -1.27. The van der Waals surface area contributed by atoms with E-state index >= 15 is 0 Å². The molecule has 43 heavy (non-hydrogen) atoms. The number of hydrogen-bond acceptors (Lipinski definition) is 5. The maximum absolute atomic E-state index is 14.4. The normalized spacial score (nSPS) is 29.8. The number of imide groups is 2. The summed E-state index contributed by atoms with van der Waals surface area (Å²) in [5.41, 5.74) is 1.21. The molecule has 3 fully saturated rings. The average Bonchev–Trinajstić information content (AvgIpc) is 3.34. The van der Waals surface area contributed by atoms with Crippen molar-refractivity contribution < 1.29 is 28.7 Å². The summed E-state index contributed by atoms with van der Waals surface area (Å²) in [4.78, 5) is 58.5. The van der Waals surface area contributed by atoms with Crippen molar-refractivity contribution in [2.24, 2.45) is 29.1 Å². The van der Waals surface area contributed by atoms with E-state index in [1.54, 1.807) is 25.1 Å². The van der Waals surface area contributed by atoms with Gasteiger partial charge in [-0.1, -0.05) is 65.7 Å². The predicted octanol–water partition coefficient (Wildman–Crippen LogP) is 5.62. The van der Waals surface area contributed by atoms with E-state index in [1.807, 2.05) is 36.4 Å². The van der Waals surface area contributed by atoms with Gasteiger partial charge in [0.1, 0.15) is 11.6 Å². The number of rotatable bonds is 4. The molecule has 0 unspecified atom stereocenters. The molecule has 2 aliphatic heterocycles. The van der Waals surface area contributed by atoms with Crippen LogP contribution in [0.5, 0.6) is 5.75 Å². The zero-order valence-electron chi connectivity index (χ0n) is 23.2. The monoisotopic (exact) mass is 598 g/mol. The van der Waals surface area contributed by atoms with Gasteiger partial charge in [0.2, 0.25) is 23.6 Å². The number of amides is 4. The fraction of sp³-hybridized carbons (Fsp3) is 0.294. The quantitative estimate of drug-likeness (QED) is 0.311. The number of nitrogens with zero attached hydrogens (tertiary/aromatic N) is 2. The first kappa shape index (κ1) is 27.5. The Bertz CT molecular complexity index is 1740. The molecule has 4 amide bonds. The minimum Gasteiger partial charge on any atom is -0.508 e. The second-order valence-corrected chi connectivity index (χ2v) is 12.5. The lowest BCUT2D eigenvalue weighted by atomic mass is 9.51. The van der Waals surface area contributed by atoms with E-state index in [0.717, 1.165) is 22.1 Å². The van der Waals surface area contributed by atoms with Gasteiger partial charge >= 0.3 is 0 Å². The van der Waals surface area contributed by atoms with Crippen LogP contribution in [0.15, 0.2) is 84.4 Å². The lowest BCUT2D eigenvalue weighted by Crippen LogP contribution is -2.48. The molecule has 0 radical (unpaired) electrons. The van der Waals surface area contributed by atoms with Crippen LogP contribution in [0.3, 0.4) is 0 Å². The van der Waals surface area contributed by atoms with Crippen LogP contribution < -0.4 is 4.90 Å². The summed E-state index contributed by atoms with van der Waals surface area (Å²) in [5.74, 6) is -5.24. The smallest absolute Gasteiger partial charge is 0.241 e. The summed E-state index contributed by atoms with van der Waals surface area (Å²) >= 11 is 6.04. The zero-order chi connectivity index (χ0) is 30.2. The van der Waals surface area contributed by atoms with Gasteiger partial charge in [-0.3, -0.25) is 24.1 Å². The lowest BCUT2D eigenvalue weighted by molar-refractivity contribution is -0.141. The number of anilines is 1. The largest absolute Gasteiger partial charge is 0.508 e. The third kappa shape index (κ3) is 3.99. The van der Waals surface area contributed by atoms with Crippen LogP contribution in [-0.2, 0) is 25.7 Å². The number of likely N-dealkylation sites (tertiary alicyclic amines) is 1. The number of carbonyl (C=O) groups is 4. The molecular weight excluding hydrogens is 571 g/mol. The number of hydrogen-bond donors (Lipinski definition) is 1. The molecule has 3 aromatic carbocycles. The van der Waals surface area contributed by atoms with Crippen LogP contribution >= 0.6 is 11.6 Å². The zero-order valence-corrected chi connectivity index (χ0v) is 24.0. The van der Waals surface area contributed by atoms with Crippen molar-refractivity contribution in [3.05, 3.63) is 106 Å². The standard InChI is InChI=1S/C34H28ClFN2O5/c1-34-25(31(41)38(33(34)43)20-10-13-27(36)26(35)15-20)16-24-22(29(34)19-8-5-9-21(39)14-19)11-12-23-28(24)32(42)37(30(23)40)17-18-6-3-2-4-7-18/h2-11,13-15,23-25,28-29,39H,12,16-17H2,1H3/t23-,24+,25-,28-,29-,34+/m0/s1. The van der Waals surface area contributed by atoms with E-state index in [9.17, 15) is 28.7 Å². The van der Waals surface area contributed by atoms with Gasteiger partial charge in [0.15, 0.2) is 0 Å². The number of fused-ring (bicyclic) bond motifs is 4. The first-order valence-corrected chi connectivity index (χ1v) is 14.7. The first-order valence-electron chi connectivity index (χ1n) is 14.3. The number of halogens is 2.